The highest BCUT2D eigenvalue weighted by atomic mass is 16.8. The van der Waals surface area contributed by atoms with Gasteiger partial charge in [0.2, 0.25) is 6.29 Å². The number of piperidine rings is 1. The zero-order valence-corrected chi connectivity index (χ0v) is 11.9. The van der Waals surface area contributed by atoms with E-state index in [0.717, 1.165) is 31.8 Å². The summed E-state index contributed by atoms with van der Waals surface area (Å²) >= 11 is 0. The maximum absolute atomic E-state index is 11.6. The Hall–Kier alpha value is -1.30. The highest BCUT2D eigenvalue weighted by molar-refractivity contribution is 5.72. The summed E-state index contributed by atoms with van der Waals surface area (Å²) in [6, 6.07) is 0. The van der Waals surface area contributed by atoms with Gasteiger partial charge in [0.15, 0.2) is 0 Å². The Labute approximate surface area is 114 Å². The van der Waals surface area contributed by atoms with Gasteiger partial charge in [-0.3, -0.25) is 9.69 Å². The summed E-state index contributed by atoms with van der Waals surface area (Å²) in [5.74, 6) is 0.338. The number of nitrogens with zero attached hydrogens (tertiary/aromatic N) is 1. The van der Waals surface area contributed by atoms with Crippen LogP contribution < -0.4 is 0 Å². The highest BCUT2D eigenvalue weighted by Crippen LogP contribution is 2.15. The molecule has 1 unspecified atom stereocenters. The molecule has 110 valence electrons. The van der Waals surface area contributed by atoms with Crippen molar-refractivity contribution in [2.45, 2.75) is 39.9 Å². The van der Waals surface area contributed by atoms with E-state index in [1.54, 1.807) is 6.92 Å². The molecule has 0 aromatic rings. The molecule has 0 bridgehead atoms. The van der Waals surface area contributed by atoms with E-state index in [9.17, 15) is 9.59 Å². The van der Waals surface area contributed by atoms with Crippen LogP contribution in [0.4, 0.5) is 4.79 Å². The average molecular weight is 273 g/mol. The lowest BCUT2D eigenvalue weighted by atomic mass is 9.99. The Bertz CT molecular complexity index is 299. The van der Waals surface area contributed by atoms with Gasteiger partial charge in [-0.2, -0.15) is 0 Å². The Balaban J connectivity index is 2.21. The zero-order valence-electron chi connectivity index (χ0n) is 11.9. The second-order valence-corrected chi connectivity index (χ2v) is 4.82. The first-order chi connectivity index (χ1) is 9.01. The largest absolute Gasteiger partial charge is 0.511 e. The second-order valence-electron chi connectivity index (χ2n) is 4.82. The van der Waals surface area contributed by atoms with Crippen LogP contribution in [0.15, 0.2) is 0 Å². The molecular formula is C13H23NO5. The van der Waals surface area contributed by atoms with Crippen molar-refractivity contribution in [1.82, 2.24) is 4.90 Å². The fraction of sp³-hybridized carbons (Fsp3) is 0.846. The lowest BCUT2D eigenvalue weighted by molar-refractivity contribution is -0.169. The Morgan fingerprint density at radius 1 is 1.26 bits per heavy atom. The van der Waals surface area contributed by atoms with Crippen LogP contribution in [0, 0.1) is 5.92 Å². The van der Waals surface area contributed by atoms with E-state index < -0.39 is 12.4 Å². The maximum atomic E-state index is 11.6. The summed E-state index contributed by atoms with van der Waals surface area (Å²) in [7, 11) is 0. The van der Waals surface area contributed by atoms with Crippen molar-refractivity contribution in [1.29, 1.82) is 0 Å². The van der Waals surface area contributed by atoms with Gasteiger partial charge in [-0.05, 0) is 38.8 Å². The normalized spacial score (nSPS) is 18.7. The van der Waals surface area contributed by atoms with Crippen LogP contribution in [-0.4, -0.2) is 49.6 Å². The van der Waals surface area contributed by atoms with Gasteiger partial charge in [-0.1, -0.05) is 6.92 Å². The van der Waals surface area contributed by atoms with Gasteiger partial charge in [0, 0.05) is 6.92 Å². The number of hydrogen-bond acceptors (Lipinski definition) is 6. The standard InChI is InChI=1S/C13H23NO5/c1-4-17-13(16)19-11(3)18-12(15)9-14-7-5-10(2)6-8-14/h10-11H,4-9H2,1-3H3. The minimum atomic E-state index is -0.921. The fourth-order valence-corrected chi connectivity index (χ4v) is 1.94. The fourth-order valence-electron chi connectivity index (χ4n) is 1.94. The van der Waals surface area contributed by atoms with Crippen molar-refractivity contribution in [3.8, 4) is 0 Å². The van der Waals surface area contributed by atoms with Crippen LogP contribution in [0.1, 0.15) is 33.6 Å². The van der Waals surface area contributed by atoms with Crippen molar-refractivity contribution in [2.24, 2.45) is 5.92 Å². The van der Waals surface area contributed by atoms with E-state index in [1.165, 1.54) is 6.92 Å². The molecule has 1 aliphatic heterocycles. The SMILES string of the molecule is CCOC(=O)OC(C)OC(=O)CN1CCC(C)CC1. The predicted molar refractivity (Wildman–Crippen MR) is 68.5 cm³/mol. The highest BCUT2D eigenvalue weighted by Gasteiger charge is 2.20. The molecule has 0 saturated carbocycles. The summed E-state index contributed by atoms with van der Waals surface area (Å²) < 4.78 is 14.3. The molecule has 1 atom stereocenters. The number of likely N-dealkylation sites (tertiary alicyclic amines) is 1. The van der Waals surface area contributed by atoms with Crippen LogP contribution in [0.3, 0.4) is 0 Å². The number of carbonyl (C=O) groups is 2. The van der Waals surface area contributed by atoms with Gasteiger partial charge in [0.1, 0.15) is 0 Å². The first-order valence-corrected chi connectivity index (χ1v) is 6.76. The summed E-state index contributed by atoms with van der Waals surface area (Å²) in [5, 5.41) is 0. The number of carbonyl (C=O) groups excluding carboxylic acids is 2. The Morgan fingerprint density at radius 2 is 1.89 bits per heavy atom. The number of rotatable bonds is 5. The monoisotopic (exact) mass is 273 g/mol. The van der Waals surface area contributed by atoms with Crippen LogP contribution in [0.25, 0.3) is 0 Å². The van der Waals surface area contributed by atoms with E-state index in [-0.39, 0.29) is 19.1 Å². The molecule has 6 heteroatoms. The third-order valence-electron chi connectivity index (χ3n) is 3.05. The molecule has 0 aromatic heterocycles. The van der Waals surface area contributed by atoms with E-state index in [1.807, 2.05) is 0 Å². The number of hydrogen-bond donors (Lipinski definition) is 0. The molecule has 0 amide bonds. The molecule has 0 aromatic carbocycles. The average Bonchev–Trinajstić information content (AvgIpc) is 2.32. The number of ether oxygens (including phenoxy) is 3. The van der Waals surface area contributed by atoms with E-state index >= 15 is 0 Å². The van der Waals surface area contributed by atoms with E-state index in [2.05, 4.69) is 16.6 Å². The smallest absolute Gasteiger partial charge is 0.435 e. The topological polar surface area (TPSA) is 65.1 Å². The molecule has 19 heavy (non-hydrogen) atoms. The predicted octanol–water partition coefficient (Wildman–Crippen LogP) is 1.78. The molecule has 1 rings (SSSR count). The van der Waals surface area contributed by atoms with Crippen LogP contribution in [0.5, 0.6) is 0 Å². The summed E-state index contributed by atoms with van der Waals surface area (Å²) in [4.78, 5) is 24.7. The third kappa shape index (κ3) is 6.42. The van der Waals surface area contributed by atoms with Gasteiger partial charge >= 0.3 is 12.1 Å². The van der Waals surface area contributed by atoms with Gasteiger partial charge in [0.05, 0.1) is 13.2 Å². The molecule has 1 aliphatic rings. The van der Waals surface area contributed by atoms with E-state index in [0.29, 0.717) is 0 Å². The molecule has 0 aliphatic carbocycles. The molecule has 6 nitrogen and oxygen atoms in total. The van der Waals surface area contributed by atoms with Crippen LogP contribution in [0.2, 0.25) is 0 Å². The second kappa shape index (κ2) is 7.99. The summed E-state index contributed by atoms with van der Waals surface area (Å²) in [6.45, 7) is 7.66. The molecule has 1 heterocycles. The Morgan fingerprint density at radius 3 is 2.47 bits per heavy atom. The lowest BCUT2D eigenvalue weighted by Crippen LogP contribution is -2.38. The molecule has 0 spiro atoms. The van der Waals surface area contributed by atoms with Gasteiger partial charge in [0.25, 0.3) is 0 Å². The van der Waals surface area contributed by atoms with Crippen molar-refractivity contribution >= 4 is 12.1 Å². The Kier molecular flexibility index (Phi) is 6.62. The van der Waals surface area contributed by atoms with Crippen LogP contribution in [-0.2, 0) is 19.0 Å². The minimum absolute atomic E-state index is 0.228. The molecule has 1 fully saturated rings. The van der Waals surface area contributed by atoms with Crippen molar-refractivity contribution < 1.29 is 23.8 Å². The van der Waals surface area contributed by atoms with E-state index in [4.69, 9.17) is 9.47 Å². The third-order valence-corrected chi connectivity index (χ3v) is 3.05. The quantitative estimate of drug-likeness (QED) is 0.562. The van der Waals surface area contributed by atoms with Crippen LogP contribution >= 0.6 is 0 Å². The zero-order chi connectivity index (χ0) is 14.3. The molecule has 1 saturated heterocycles. The molecule has 0 radical (unpaired) electrons. The van der Waals surface area contributed by atoms with Gasteiger partial charge < -0.3 is 14.2 Å². The lowest BCUT2D eigenvalue weighted by Gasteiger charge is -2.29. The van der Waals surface area contributed by atoms with Gasteiger partial charge in [-0.25, -0.2) is 4.79 Å². The minimum Gasteiger partial charge on any atom is -0.435 e. The van der Waals surface area contributed by atoms with Crippen molar-refractivity contribution in [3.63, 3.8) is 0 Å². The molecule has 0 N–H and O–H groups in total. The van der Waals surface area contributed by atoms with Gasteiger partial charge in [-0.15, -0.1) is 0 Å². The molecular weight excluding hydrogens is 250 g/mol. The van der Waals surface area contributed by atoms with Crippen molar-refractivity contribution in [3.05, 3.63) is 0 Å². The van der Waals surface area contributed by atoms with Crippen molar-refractivity contribution in [2.75, 3.05) is 26.2 Å². The summed E-state index contributed by atoms with van der Waals surface area (Å²) in [5.41, 5.74) is 0. The first kappa shape index (κ1) is 15.8. The summed E-state index contributed by atoms with van der Waals surface area (Å²) in [6.07, 6.45) is 0.453. The number of esters is 1. The first-order valence-electron chi connectivity index (χ1n) is 6.76. The maximum Gasteiger partial charge on any atom is 0.511 e.